The van der Waals surface area contributed by atoms with E-state index in [1.54, 1.807) is 11.1 Å². The molecule has 0 unspecified atom stereocenters. The zero-order valence-corrected chi connectivity index (χ0v) is 18.1. The van der Waals surface area contributed by atoms with Gasteiger partial charge in [-0.1, -0.05) is 0 Å². The zero-order valence-electron chi connectivity index (χ0n) is 17.2. The largest absolute Gasteiger partial charge is 0.444 e. The summed E-state index contributed by atoms with van der Waals surface area (Å²) in [6, 6.07) is 1.98. The molecule has 152 valence electrons. The maximum Gasteiger partial charge on any atom is 0.410 e. The summed E-state index contributed by atoms with van der Waals surface area (Å²) in [4.78, 5) is 14.2. The molecule has 1 N–H and O–H groups in total. The number of carbonyl (C=O) groups excluding carboxylic acids is 1. The van der Waals surface area contributed by atoms with Crippen LogP contribution in [0.4, 0.5) is 4.79 Å². The number of likely N-dealkylation sites (tertiary alicyclic amines) is 1. The number of rotatable bonds is 2. The standard InChI is InChI=1S/C19H32N4O3S/c1-17(2,3)26-16(24)22-11-8-19(9-12-22)13-23-14(7-10-20-23)15(19)21-27(25)18(4,5)6/h7,10,15,21H,8-9,11-13H2,1-6H3/t15-,27+/m1/s1. The van der Waals surface area contributed by atoms with E-state index >= 15 is 0 Å². The molecule has 0 saturated carbocycles. The molecule has 1 fully saturated rings. The smallest absolute Gasteiger partial charge is 0.410 e. The minimum absolute atomic E-state index is 0.0270. The van der Waals surface area contributed by atoms with Gasteiger partial charge in [-0.2, -0.15) is 5.10 Å². The molecule has 3 heterocycles. The lowest BCUT2D eigenvalue weighted by Gasteiger charge is -2.43. The fourth-order valence-corrected chi connectivity index (χ4v) is 4.74. The number of carbonyl (C=O) groups is 1. The van der Waals surface area contributed by atoms with Crippen molar-refractivity contribution < 1.29 is 13.7 Å². The quantitative estimate of drug-likeness (QED) is 0.834. The Morgan fingerprint density at radius 3 is 2.44 bits per heavy atom. The number of nitrogens with zero attached hydrogens (tertiary/aromatic N) is 3. The van der Waals surface area contributed by atoms with Gasteiger partial charge >= 0.3 is 6.09 Å². The highest BCUT2D eigenvalue weighted by atomic mass is 32.2. The van der Waals surface area contributed by atoms with Crippen molar-refractivity contribution >= 4 is 17.1 Å². The number of ether oxygens (including phenoxy) is 1. The average molecular weight is 397 g/mol. The number of fused-ring (bicyclic) bond motifs is 1. The Balaban J connectivity index is 1.74. The second kappa shape index (κ2) is 6.88. The highest BCUT2D eigenvalue weighted by Gasteiger charge is 2.50. The van der Waals surface area contributed by atoms with Crippen molar-refractivity contribution in [2.45, 2.75) is 77.3 Å². The molecule has 2 aliphatic heterocycles. The van der Waals surface area contributed by atoms with Crippen LogP contribution in [0.1, 0.15) is 66.1 Å². The second-order valence-electron chi connectivity index (χ2n) is 9.68. The lowest BCUT2D eigenvalue weighted by Crippen LogP contribution is -2.50. The first kappa shape index (κ1) is 20.3. The van der Waals surface area contributed by atoms with E-state index in [4.69, 9.17) is 4.74 Å². The van der Waals surface area contributed by atoms with E-state index in [1.165, 1.54) is 0 Å². The number of piperidine rings is 1. The van der Waals surface area contributed by atoms with Crippen molar-refractivity contribution in [1.82, 2.24) is 19.4 Å². The third-order valence-electron chi connectivity index (χ3n) is 5.31. The highest BCUT2D eigenvalue weighted by Crippen LogP contribution is 2.49. The average Bonchev–Trinajstić information content (AvgIpc) is 3.07. The molecule has 8 heteroatoms. The summed E-state index contributed by atoms with van der Waals surface area (Å²) >= 11 is 0. The Hall–Kier alpha value is -1.41. The molecule has 0 bridgehead atoms. The van der Waals surface area contributed by atoms with Gasteiger partial charge in [-0.15, -0.1) is 0 Å². The van der Waals surface area contributed by atoms with E-state index in [9.17, 15) is 9.00 Å². The van der Waals surface area contributed by atoms with Gasteiger partial charge in [0.05, 0.1) is 27.5 Å². The number of amides is 1. The van der Waals surface area contributed by atoms with Gasteiger partial charge in [0, 0.05) is 31.2 Å². The fraction of sp³-hybridized carbons (Fsp3) is 0.789. The minimum atomic E-state index is -1.17. The number of hydrogen-bond acceptors (Lipinski definition) is 4. The molecule has 0 aliphatic carbocycles. The second-order valence-corrected chi connectivity index (χ2v) is 11.7. The number of aromatic nitrogens is 2. The summed E-state index contributed by atoms with van der Waals surface area (Å²) in [5.74, 6) is 0. The first-order valence-electron chi connectivity index (χ1n) is 9.59. The SMILES string of the molecule is CC(C)(C)OC(=O)N1CCC2(CC1)Cn1nccc1[C@H]2N[S@@](=O)C(C)(C)C. The normalized spacial score (nSPS) is 23.3. The molecular formula is C19H32N4O3S. The maximum absolute atomic E-state index is 12.8. The van der Waals surface area contributed by atoms with Crippen molar-refractivity contribution in [2.75, 3.05) is 13.1 Å². The van der Waals surface area contributed by atoms with Crippen LogP contribution in [-0.4, -0.2) is 48.4 Å². The first-order chi connectivity index (χ1) is 12.4. The molecule has 1 amide bonds. The summed E-state index contributed by atoms with van der Waals surface area (Å²) in [5.41, 5.74) is 0.511. The molecule has 2 atom stereocenters. The Morgan fingerprint density at radius 2 is 1.89 bits per heavy atom. The Labute approximate surface area is 164 Å². The van der Waals surface area contributed by atoms with Gasteiger partial charge < -0.3 is 9.64 Å². The maximum atomic E-state index is 12.8. The van der Waals surface area contributed by atoms with Gasteiger partial charge in [0.1, 0.15) is 5.60 Å². The van der Waals surface area contributed by atoms with E-state index in [0.29, 0.717) is 13.1 Å². The van der Waals surface area contributed by atoms with E-state index < -0.39 is 16.6 Å². The molecule has 1 aromatic rings. The summed E-state index contributed by atoms with van der Waals surface area (Å²) < 4.78 is 23.4. The zero-order chi connectivity index (χ0) is 20.0. The first-order valence-corrected chi connectivity index (χ1v) is 10.7. The predicted molar refractivity (Wildman–Crippen MR) is 105 cm³/mol. The molecule has 1 spiro atoms. The summed E-state index contributed by atoms with van der Waals surface area (Å²) in [6.45, 7) is 13.6. The van der Waals surface area contributed by atoms with Gasteiger partial charge in [0.25, 0.3) is 0 Å². The van der Waals surface area contributed by atoms with Crippen LogP contribution in [0.15, 0.2) is 12.3 Å². The van der Waals surface area contributed by atoms with Gasteiger partial charge in [-0.05, 0) is 60.5 Å². The lowest BCUT2D eigenvalue weighted by atomic mass is 9.74. The Kier molecular flexibility index (Phi) is 5.18. The molecular weight excluding hydrogens is 364 g/mol. The van der Waals surface area contributed by atoms with Gasteiger partial charge in [-0.25, -0.2) is 13.7 Å². The Morgan fingerprint density at radius 1 is 1.26 bits per heavy atom. The van der Waals surface area contributed by atoms with Crippen LogP contribution >= 0.6 is 0 Å². The summed E-state index contributed by atoms with van der Waals surface area (Å²) in [5, 5.41) is 4.44. The molecule has 1 saturated heterocycles. The number of hydrogen-bond donors (Lipinski definition) is 1. The molecule has 27 heavy (non-hydrogen) atoms. The lowest BCUT2D eigenvalue weighted by molar-refractivity contribution is 0.00571. The van der Waals surface area contributed by atoms with Crippen LogP contribution in [0.25, 0.3) is 0 Å². The van der Waals surface area contributed by atoms with Crippen molar-refractivity contribution in [1.29, 1.82) is 0 Å². The van der Waals surface area contributed by atoms with Crippen LogP contribution in [-0.2, 0) is 22.3 Å². The van der Waals surface area contributed by atoms with Crippen LogP contribution < -0.4 is 4.72 Å². The predicted octanol–water partition coefficient (Wildman–Crippen LogP) is 3.01. The highest BCUT2D eigenvalue weighted by molar-refractivity contribution is 7.84. The van der Waals surface area contributed by atoms with Gasteiger partial charge in [0.15, 0.2) is 0 Å². The molecule has 0 radical (unpaired) electrons. The topological polar surface area (TPSA) is 76.5 Å². The number of nitrogens with one attached hydrogen (secondary N) is 1. The monoisotopic (exact) mass is 396 g/mol. The van der Waals surface area contributed by atoms with E-state index in [1.807, 2.05) is 52.3 Å². The van der Waals surface area contributed by atoms with Crippen LogP contribution in [0.2, 0.25) is 0 Å². The van der Waals surface area contributed by atoms with Crippen molar-refractivity contribution in [3.05, 3.63) is 18.0 Å². The van der Waals surface area contributed by atoms with Crippen molar-refractivity contribution in [3.63, 3.8) is 0 Å². The summed E-state index contributed by atoms with van der Waals surface area (Å²) in [6.07, 6.45) is 3.20. The third-order valence-corrected chi connectivity index (χ3v) is 6.88. The molecule has 3 rings (SSSR count). The van der Waals surface area contributed by atoms with E-state index in [0.717, 1.165) is 25.1 Å². The van der Waals surface area contributed by atoms with Crippen LogP contribution in [0, 0.1) is 5.41 Å². The third kappa shape index (κ3) is 4.21. The Bertz CT molecular complexity index is 724. The van der Waals surface area contributed by atoms with Crippen LogP contribution in [0.5, 0.6) is 0 Å². The molecule has 7 nitrogen and oxygen atoms in total. The van der Waals surface area contributed by atoms with Crippen molar-refractivity contribution in [3.8, 4) is 0 Å². The van der Waals surface area contributed by atoms with E-state index in [-0.39, 0.29) is 22.3 Å². The molecule has 0 aromatic carbocycles. The minimum Gasteiger partial charge on any atom is -0.444 e. The molecule has 1 aromatic heterocycles. The van der Waals surface area contributed by atoms with Crippen molar-refractivity contribution in [2.24, 2.45) is 5.41 Å². The fourth-order valence-electron chi connectivity index (χ4n) is 3.80. The van der Waals surface area contributed by atoms with Gasteiger partial charge in [-0.3, -0.25) is 4.68 Å². The van der Waals surface area contributed by atoms with Gasteiger partial charge in [0.2, 0.25) is 0 Å². The van der Waals surface area contributed by atoms with E-state index in [2.05, 4.69) is 9.82 Å². The summed E-state index contributed by atoms with van der Waals surface area (Å²) in [7, 11) is -1.17. The van der Waals surface area contributed by atoms with Crippen LogP contribution in [0.3, 0.4) is 0 Å². The molecule has 2 aliphatic rings.